The number of carbonyl (C=O) groups excluding carboxylic acids is 2. The number of nitrogens with one attached hydrogen (secondary N) is 1. The van der Waals surface area contributed by atoms with Gasteiger partial charge in [0.15, 0.2) is 5.13 Å². The van der Waals surface area contributed by atoms with Crippen LogP contribution in [0.25, 0.3) is 10.9 Å². The molecule has 3 heterocycles. The molecule has 2 aromatic heterocycles. The van der Waals surface area contributed by atoms with E-state index in [9.17, 15) is 18.0 Å². The number of thiazole rings is 1. The second-order valence-corrected chi connectivity index (χ2v) is 11.1. The third-order valence-electron chi connectivity index (χ3n) is 6.27. The van der Waals surface area contributed by atoms with E-state index in [1.54, 1.807) is 41.5 Å². The lowest BCUT2D eigenvalue weighted by Crippen LogP contribution is -2.53. The molecule has 10 nitrogen and oxygen atoms in total. The van der Waals surface area contributed by atoms with Crippen LogP contribution >= 0.6 is 11.3 Å². The van der Waals surface area contributed by atoms with Gasteiger partial charge in [0.1, 0.15) is 12.6 Å². The molecule has 1 fully saturated rings. The summed E-state index contributed by atoms with van der Waals surface area (Å²) in [5, 5.41) is 11.9. The van der Waals surface area contributed by atoms with Crippen molar-refractivity contribution in [3.05, 3.63) is 71.9 Å². The van der Waals surface area contributed by atoms with E-state index < -0.39 is 16.1 Å². The Bertz CT molecular complexity index is 1630. The van der Waals surface area contributed by atoms with Crippen LogP contribution in [0.2, 0.25) is 0 Å². The molecule has 1 atom stereocenters. The molecule has 0 bridgehead atoms. The molecule has 5 rings (SSSR count). The van der Waals surface area contributed by atoms with Gasteiger partial charge in [-0.05, 0) is 55.5 Å². The van der Waals surface area contributed by atoms with Gasteiger partial charge in [0.25, 0.3) is 10.0 Å². The zero-order chi connectivity index (χ0) is 26.2. The number of carbonyl (C=O) groups is 2. The first-order valence-electron chi connectivity index (χ1n) is 11.4. The third kappa shape index (κ3) is 4.78. The number of aromatic nitrogens is 2. The minimum atomic E-state index is -3.79. The highest BCUT2D eigenvalue weighted by Crippen LogP contribution is 2.25. The Morgan fingerprint density at radius 2 is 1.97 bits per heavy atom. The third-order valence-corrected chi connectivity index (χ3v) is 8.44. The predicted molar refractivity (Wildman–Crippen MR) is 142 cm³/mol. The summed E-state index contributed by atoms with van der Waals surface area (Å²) < 4.78 is 29.4. The highest BCUT2D eigenvalue weighted by atomic mass is 32.2. The molecule has 0 aliphatic carbocycles. The average Bonchev–Trinajstić information content (AvgIpc) is 3.57. The first-order valence-corrected chi connectivity index (χ1v) is 13.8. The molecule has 1 aliphatic heterocycles. The van der Waals surface area contributed by atoms with Crippen LogP contribution < -0.4 is 9.62 Å². The molecule has 190 valence electrons. The molecular formula is C25H24N6O4S2. The smallest absolute Gasteiger partial charge is 0.263 e. The monoisotopic (exact) mass is 536 g/mol. The summed E-state index contributed by atoms with van der Waals surface area (Å²) in [4.78, 5) is 33.3. The van der Waals surface area contributed by atoms with Crippen LogP contribution in [0.5, 0.6) is 0 Å². The minimum Gasteiger partial charge on any atom is -0.335 e. The van der Waals surface area contributed by atoms with Crippen LogP contribution in [0, 0.1) is 11.3 Å². The average molecular weight is 537 g/mol. The Hall–Kier alpha value is -4.21. The van der Waals surface area contributed by atoms with E-state index in [4.69, 9.17) is 5.26 Å². The number of nitriles is 1. The topological polar surface area (TPSA) is 128 Å². The normalized spacial score (nSPS) is 15.0. The number of sulfonamides is 1. The molecule has 0 radical (unpaired) electrons. The van der Waals surface area contributed by atoms with Crippen molar-refractivity contribution >= 4 is 54.9 Å². The number of hydrogen-bond acceptors (Lipinski definition) is 7. The van der Waals surface area contributed by atoms with Crippen molar-refractivity contribution in [1.29, 1.82) is 5.26 Å². The van der Waals surface area contributed by atoms with Gasteiger partial charge < -0.3 is 14.4 Å². The number of benzene rings is 2. The van der Waals surface area contributed by atoms with Gasteiger partial charge in [0.05, 0.1) is 16.5 Å². The Morgan fingerprint density at radius 3 is 2.65 bits per heavy atom. The highest BCUT2D eigenvalue weighted by Gasteiger charge is 2.31. The van der Waals surface area contributed by atoms with E-state index in [2.05, 4.69) is 15.8 Å². The summed E-state index contributed by atoms with van der Waals surface area (Å²) in [6.07, 6.45) is 3.32. The van der Waals surface area contributed by atoms with Crippen molar-refractivity contribution in [2.75, 3.05) is 29.3 Å². The van der Waals surface area contributed by atoms with Gasteiger partial charge >= 0.3 is 0 Å². The zero-order valence-corrected chi connectivity index (χ0v) is 21.4. The molecule has 1 unspecified atom stereocenters. The second kappa shape index (κ2) is 9.68. The van der Waals surface area contributed by atoms with Gasteiger partial charge in [-0.15, -0.1) is 11.3 Å². The van der Waals surface area contributed by atoms with Gasteiger partial charge in [0.2, 0.25) is 11.8 Å². The lowest BCUT2D eigenvalue weighted by atomic mass is 10.1. The van der Waals surface area contributed by atoms with Crippen LogP contribution in [0.15, 0.2) is 71.2 Å². The van der Waals surface area contributed by atoms with E-state index >= 15 is 0 Å². The quantitative estimate of drug-likeness (QED) is 0.402. The van der Waals surface area contributed by atoms with Crippen molar-refractivity contribution in [3.63, 3.8) is 0 Å². The summed E-state index contributed by atoms with van der Waals surface area (Å²) in [5.74, 6) is -0.427. The van der Waals surface area contributed by atoms with E-state index in [1.807, 2.05) is 22.9 Å². The number of rotatable bonds is 6. The van der Waals surface area contributed by atoms with Gasteiger partial charge in [-0.2, -0.15) is 5.26 Å². The van der Waals surface area contributed by atoms with Crippen molar-refractivity contribution in [2.24, 2.45) is 0 Å². The number of anilines is 2. The Labute approximate surface area is 218 Å². The SMILES string of the molecule is CC(C(=O)N1CCN(c2ccc(S(=O)(=O)Nc3nccs3)cc2)C(=O)C1)n1ccc2cc(C#N)ccc21.[HH]. The molecule has 1 aliphatic rings. The van der Waals surface area contributed by atoms with E-state index in [0.717, 1.165) is 10.9 Å². The fourth-order valence-corrected chi connectivity index (χ4v) is 6.13. The molecule has 0 saturated carbocycles. The number of nitrogens with zero attached hydrogens (tertiary/aromatic N) is 5. The summed E-state index contributed by atoms with van der Waals surface area (Å²) in [7, 11) is -3.79. The lowest BCUT2D eigenvalue weighted by Gasteiger charge is -2.35. The van der Waals surface area contributed by atoms with Crippen molar-refractivity contribution < 1.29 is 19.4 Å². The maximum absolute atomic E-state index is 13.2. The second-order valence-electron chi connectivity index (χ2n) is 8.53. The molecule has 12 heteroatoms. The largest absolute Gasteiger partial charge is 0.335 e. The number of fused-ring (bicyclic) bond motifs is 1. The molecule has 4 aromatic rings. The Kier molecular flexibility index (Phi) is 6.41. The van der Waals surface area contributed by atoms with Crippen LogP contribution in [0.3, 0.4) is 0 Å². The standard InChI is InChI=1S/C25H22N6O4S2.H2/c1-17(30-10-8-19-14-18(15-26)2-7-22(19)30)24(33)29-11-12-31(23(32)16-29)20-3-5-21(6-4-20)37(34,35)28-25-27-9-13-36-25;/h2-10,13-14,17H,11-12,16H2,1H3,(H,27,28);1H. The zero-order valence-electron chi connectivity index (χ0n) is 19.7. The van der Waals surface area contributed by atoms with Gasteiger partial charge in [-0.3, -0.25) is 14.3 Å². The first-order chi connectivity index (χ1) is 17.8. The molecule has 2 aromatic carbocycles. The summed E-state index contributed by atoms with van der Waals surface area (Å²) in [6, 6.07) is 14.8. The number of hydrogen-bond donors (Lipinski definition) is 1. The van der Waals surface area contributed by atoms with Crippen molar-refractivity contribution in [2.45, 2.75) is 17.9 Å². The van der Waals surface area contributed by atoms with E-state index in [-0.39, 0.29) is 29.8 Å². The predicted octanol–water partition coefficient (Wildman–Crippen LogP) is 3.45. The van der Waals surface area contributed by atoms with E-state index in [0.29, 0.717) is 24.3 Å². The van der Waals surface area contributed by atoms with Gasteiger partial charge in [-0.1, -0.05) is 0 Å². The van der Waals surface area contributed by atoms with Crippen molar-refractivity contribution in [1.82, 2.24) is 14.5 Å². The summed E-state index contributed by atoms with van der Waals surface area (Å²) >= 11 is 1.18. The van der Waals surface area contributed by atoms with E-state index in [1.165, 1.54) is 34.6 Å². The van der Waals surface area contributed by atoms with Gasteiger partial charge in [-0.25, -0.2) is 13.4 Å². The fourth-order valence-electron chi connectivity index (χ4n) is 4.34. The van der Waals surface area contributed by atoms with Crippen LogP contribution in [0.4, 0.5) is 10.8 Å². The molecule has 1 saturated heterocycles. The Balaban J connectivity index is 0.00000336. The molecule has 37 heavy (non-hydrogen) atoms. The number of piperazine rings is 1. The van der Waals surface area contributed by atoms with Gasteiger partial charge in [0, 0.05) is 48.9 Å². The van der Waals surface area contributed by atoms with Crippen LogP contribution in [-0.4, -0.2) is 54.3 Å². The number of amides is 2. The van der Waals surface area contributed by atoms with Crippen LogP contribution in [0.1, 0.15) is 20.0 Å². The maximum Gasteiger partial charge on any atom is 0.263 e. The fraction of sp³-hybridized carbons (Fsp3) is 0.200. The van der Waals surface area contributed by atoms with Crippen molar-refractivity contribution in [3.8, 4) is 6.07 Å². The molecule has 1 N–H and O–H groups in total. The molecular weight excluding hydrogens is 512 g/mol. The lowest BCUT2D eigenvalue weighted by molar-refractivity contribution is -0.139. The summed E-state index contributed by atoms with van der Waals surface area (Å²) in [6.45, 7) is 2.35. The summed E-state index contributed by atoms with van der Waals surface area (Å²) in [5.41, 5.74) is 1.94. The Morgan fingerprint density at radius 1 is 1.19 bits per heavy atom. The molecule has 0 spiro atoms. The first kappa shape index (κ1) is 24.5. The minimum absolute atomic E-state index is 0. The molecule has 2 amide bonds. The highest BCUT2D eigenvalue weighted by molar-refractivity contribution is 7.93. The maximum atomic E-state index is 13.2. The van der Waals surface area contributed by atoms with Crippen LogP contribution in [-0.2, 0) is 19.6 Å².